The molecule has 1 aliphatic heterocycles. The lowest BCUT2D eigenvalue weighted by molar-refractivity contribution is 0.162. The maximum absolute atomic E-state index is 5.26. The fourth-order valence-corrected chi connectivity index (χ4v) is 2.90. The molecule has 0 amide bonds. The van der Waals surface area contributed by atoms with Crippen LogP contribution in [0.3, 0.4) is 0 Å². The van der Waals surface area contributed by atoms with Gasteiger partial charge in [-0.1, -0.05) is 0 Å². The van der Waals surface area contributed by atoms with Crippen molar-refractivity contribution in [1.29, 1.82) is 0 Å². The monoisotopic (exact) mass is 266 g/mol. The number of aromatic nitrogens is 2. The van der Waals surface area contributed by atoms with Gasteiger partial charge in [-0.25, -0.2) is 4.98 Å². The van der Waals surface area contributed by atoms with E-state index in [0.29, 0.717) is 18.7 Å². The number of hydrogen-bond donors (Lipinski definition) is 1. The SMILES string of the molecule is CNCC1CCCCN1c1nccn1C(C)COC. The smallest absolute Gasteiger partial charge is 0.206 e. The molecule has 2 heterocycles. The van der Waals surface area contributed by atoms with E-state index in [-0.39, 0.29) is 0 Å². The lowest BCUT2D eigenvalue weighted by atomic mass is 10.0. The summed E-state index contributed by atoms with van der Waals surface area (Å²) in [7, 11) is 3.77. The van der Waals surface area contributed by atoms with Crippen LogP contribution in [-0.4, -0.2) is 49.4 Å². The highest BCUT2D eigenvalue weighted by molar-refractivity contribution is 5.34. The van der Waals surface area contributed by atoms with Crippen molar-refractivity contribution in [2.45, 2.75) is 38.3 Å². The summed E-state index contributed by atoms with van der Waals surface area (Å²) in [6, 6.07) is 0.870. The van der Waals surface area contributed by atoms with Gasteiger partial charge in [0, 0.05) is 38.6 Å². The van der Waals surface area contributed by atoms with Gasteiger partial charge in [0.25, 0.3) is 0 Å². The summed E-state index contributed by atoms with van der Waals surface area (Å²) in [6.07, 6.45) is 7.77. The van der Waals surface area contributed by atoms with Crippen LogP contribution in [0.25, 0.3) is 0 Å². The fourth-order valence-electron chi connectivity index (χ4n) is 2.90. The van der Waals surface area contributed by atoms with Gasteiger partial charge < -0.3 is 19.5 Å². The summed E-state index contributed by atoms with van der Waals surface area (Å²) in [4.78, 5) is 7.03. The molecule has 0 aliphatic carbocycles. The third-order valence-corrected chi connectivity index (χ3v) is 3.85. The van der Waals surface area contributed by atoms with Crippen molar-refractivity contribution in [1.82, 2.24) is 14.9 Å². The van der Waals surface area contributed by atoms with Gasteiger partial charge in [0.1, 0.15) is 0 Å². The molecule has 1 N–H and O–H groups in total. The van der Waals surface area contributed by atoms with E-state index in [1.54, 1.807) is 7.11 Å². The topological polar surface area (TPSA) is 42.3 Å². The molecular formula is C14H26N4O. The van der Waals surface area contributed by atoms with Crippen LogP contribution in [0.1, 0.15) is 32.2 Å². The van der Waals surface area contributed by atoms with Crippen LogP contribution in [0, 0.1) is 0 Å². The van der Waals surface area contributed by atoms with Crippen LogP contribution in [0.15, 0.2) is 12.4 Å². The first-order valence-electron chi connectivity index (χ1n) is 7.21. The van der Waals surface area contributed by atoms with E-state index in [1.165, 1.54) is 19.3 Å². The molecule has 1 saturated heterocycles. The zero-order valence-corrected chi connectivity index (χ0v) is 12.3. The van der Waals surface area contributed by atoms with Crippen molar-refractivity contribution in [3.05, 3.63) is 12.4 Å². The molecule has 0 aromatic carbocycles. The third kappa shape index (κ3) is 3.28. The lowest BCUT2D eigenvalue weighted by Crippen LogP contribution is -2.46. The number of hydrogen-bond acceptors (Lipinski definition) is 4. The molecule has 1 aromatic rings. The van der Waals surface area contributed by atoms with Crippen molar-refractivity contribution in [2.24, 2.45) is 0 Å². The quantitative estimate of drug-likeness (QED) is 0.850. The first-order valence-corrected chi connectivity index (χ1v) is 7.21. The highest BCUT2D eigenvalue weighted by Gasteiger charge is 2.26. The maximum Gasteiger partial charge on any atom is 0.206 e. The van der Waals surface area contributed by atoms with Gasteiger partial charge >= 0.3 is 0 Å². The lowest BCUT2D eigenvalue weighted by Gasteiger charge is -2.37. The Labute approximate surface area is 116 Å². The van der Waals surface area contributed by atoms with Gasteiger partial charge in [0.15, 0.2) is 0 Å². The Kier molecular flexibility index (Phi) is 5.22. The molecule has 5 heteroatoms. The number of likely N-dealkylation sites (N-methyl/N-ethyl adjacent to an activating group) is 1. The molecule has 5 nitrogen and oxygen atoms in total. The Hall–Kier alpha value is -1.07. The van der Waals surface area contributed by atoms with Crippen LogP contribution < -0.4 is 10.2 Å². The third-order valence-electron chi connectivity index (χ3n) is 3.85. The Balaban J connectivity index is 2.17. The molecule has 19 heavy (non-hydrogen) atoms. The molecular weight excluding hydrogens is 240 g/mol. The van der Waals surface area contributed by atoms with Crippen LogP contribution in [0.5, 0.6) is 0 Å². The van der Waals surface area contributed by atoms with Gasteiger partial charge in [-0.2, -0.15) is 0 Å². The predicted octanol–water partition coefficient (Wildman–Crippen LogP) is 1.67. The summed E-state index contributed by atoms with van der Waals surface area (Å²) >= 11 is 0. The van der Waals surface area contributed by atoms with Crippen LogP contribution >= 0.6 is 0 Å². The van der Waals surface area contributed by atoms with Gasteiger partial charge in [-0.05, 0) is 33.2 Å². The summed E-state index contributed by atoms with van der Waals surface area (Å²) < 4.78 is 7.50. The molecule has 0 spiro atoms. The Bertz CT molecular complexity index is 377. The average Bonchev–Trinajstić information content (AvgIpc) is 2.89. The normalized spacial score (nSPS) is 21.6. The maximum atomic E-state index is 5.26. The van der Waals surface area contributed by atoms with E-state index in [2.05, 4.69) is 32.9 Å². The summed E-state index contributed by atoms with van der Waals surface area (Å²) in [5.41, 5.74) is 0. The number of nitrogens with one attached hydrogen (secondary N) is 1. The van der Waals surface area contributed by atoms with Crippen molar-refractivity contribution in [3.63, 3.8) is 0 Å². The molecule has 2 atom stereocenters. The molecule has 0 radical (unpaired) electrons. The average molecular weight is 266 g/mol. The minimum Gasteiger partial charge on any atom is -0.383 e. The Morgan fingerprint density at radius 1 is 1.53 bits per heavy atom. The molecule has 0 saturated carbocycles. The second-order valence-corrected chi connectivity index (χ2v) is 5.34. The van der Waals surface area contributed by atoms with Crippen LogP contribution in [0.2, 0.25) is 0 Å². The second-order valence-electron chi connectivity index (χ2n) is 5.34. The van der Waals surface area contributed by atoms with Gasteiger partial charge in [-0.15, -0.1) is 0 Å². The largest absolute Gasteiger partial charge is 0.383 e. The second kappa shape index (κ2) is 6.91. The highest BCUT2D eigenvalue weighted by atomic mass is 16.5. The van der Waals surface area contributed by atoms with Crippen LogP contribution in [-0.2, 0) is 4.74 Å². The molecule has 2 rings (SSSR count). The number of nitrogens with zero attached hydrogens (tertiary/aromatic N) is 3. The summed E-state index contributed by atoms with van der Waals surface area (Å²) in [5.74, 6) is 1.09. The van der Waals surface area contributed by atoms with E-state index >= 15 is 0 Å². The predicted molar refractivity (Wildman–Crippen MR) is 77.7 cm³/mol. The van der Waals surface area contributed by atoms with E-state index < -0.39 is 0 Å². The summed E-state index contributed by atoms with van der Waals surface area (Å²) in [5, 5.41) is 3.30. The fraction of sp³-hybridized carbons (Fsp3) is 0.786. The zero-order valence-electron chi connectivity index (χ0n) is 12.3. The Morgan fingerprint density at radius 3 is 3.11 bits per heavy atom. The molecule has 2 unspecified atom stereocenters. The first kappa shape index (κ1) is 14.3. The number of anilines is 1. The van der Waals surface area contributed by atoms with Crippen molar-refractivity contribution < 1.29 is 4.74 Å². The van der Waals surface area contributed by atoms with Gasteiger partial charge in [0.05, 0.1) is 12.6 Å². The first-order chi connectivity index (χ1) is 9.27. The highest BCUT2D eigenvalue weighted by Crippen LogP contribution is 2.25. The van der Waals surface area contributed by atoms with Gasteiger partial charge in [-0.3, -0.25) is 0 Å². The number of imidazole rings is 1. The molecule has 108 valence electrons. The standard InChI is InChI=1S/C14H26N4O/c1-12(11-19-3)17-9-7-16-14(17)18-8-5-4-6-13(18)10-15-2/h7,9,12-13,15H,4-6,8,10-11H2,1-3H3. The number of ether oxygens (including phenoxy) is 1. The van der Waals surface area contributed by atoms with E-state index in [1.807, 2.05) is 13.2 Å². The molecule has 1 aromatic heterocycles. The molecule has 1 fully saturated rings. The summed E-state index contributed by atoms with van der Waals surface area (Å²) in [6.45, 7) is 5.01. The van der Waals surface area contributed by atoms with E-state index in [0.717, 1.165) is 19.0 Å². The van der Waals surface area contributed by atoms with Crippen molar-refractivity contribution >= 4 is 5.95 Å². The zero-order chi connectivity index (χ0) is 13.7. The molecule has 1 aliphatic rings. The minimum absolute atomic E-state index is 0.319. The van der Waals surface area contributed by atoms with E-state index in [9.17, 15) is 0 Å². The number of rotatable bonds is 6. The van der Waals surface area contributed by atoms with E-state index in [4.69, 9.17) is 4.74 Å². The molecule has 0 bridgehead atoms. The number of methoxy groups -OCH3 is 1. The number of piperidine rings is 1. The minimum atomic E-state index is 0.319. The van der Waals surface area contributed by atoms with Crippen molar-refractivity contribution in [3.8, 4) is 0 Å². The van der Waals surface area contributed by atoms with Gasteiger partial charge in [0.2, 0.25) is 5.95 Å². The van der Waals surface area contributed by atoms with Crippen molar-refractivity contribution in [2.75, 3.05) is 38.8 Å². The Morgan fingerprint density at radius 2 is 2.37 bits per heavy atom. The van der Waals surface area contributed by atoms with Crippen LogP contribution in [0.4, 0.5) is 5.95 Å².